The first-order valence-corrected chi connectivity index (χ1v) is 7.17. The van der Waals surface area contributed by atoms with Crippen LogP contribution < -0.4 is 4.90 Å². The van der Waals surface area contributed by atoms with Gasteiger partial charge in [-0.15, -0.1) is 0 Å². The summed E-state index contributed by atoms with van der Waals surface area (Å²) < 4.78 is 0. The number of β-amino-alcohol motifs (C(OH)–C–C–N with tert-alkyl or cyclic N) is 1. The van der Waals surface area contributed by atoms with Crippen molar-refractivity contribution in [2.24, 2.45) is 0 Å². The molecule has 0 aromatic carbocycles. The van der Waals surface area contributed by atoms with E-state index in [9.17, 15) is 0 Å². The Bertz CT molecular complexity index is 412. The van der Waals surface area contributed by atoms with E-state index in [4.69, 9.17) is 10.1 Å². The maximum Gasteiger partial charge on any atom is 0.0609 e. The number of aliphatic hydroxyl groups excluding tert-OH is 1. The minimum absolute atomic E-state index is 0.254. The minimum Gasteiger partial charge on any atom is -0.395 e. The molecular weight excluding hydrogens is 238 g/mol. The van der Waals surface area contributed by atoms with E-state index >= 15 is 0 Å². The average Bonchev–Trinajstić information content (AvgIpc) is 2.40. The molecule has 0 unspecified atom stereocenters. The van der Waals surface area contributed by atoms with Crippen LogP contribution in [-0.4, -0.2) is 54.3 Å². The molecule has 106 valence electrons. The molecule has 2 rings (SSSR count). The van der Waals surface area contributed by atoms with E-state index in [1.54, 1.807) is 0 Å². The highest BCUT2D eigenvalue weighted by molar-refractivity contribution is 5.51. The van der Waals surface area contributed by atoms with Crippen molar-refractivity contribution in [1.29, 1.82) is 0 Å². The van der Waals surface area contributed by atoms with Crippen molar-refractivity contribution in [3.8, 4) is 0 Å². The lowest BCUT2D eigenvalue weighted by atomic mass is 10.1. The molecule has 4 heteroatoms. The fraction of sp³-hybridized carbons (Fsp3) is 0.667. The monoisotopic (exact) mass is 263 g/mol. The zero-order chi connectivity index (χ0) is 13.8. The molecule has 1 saturated heterocycles. The smallest absolute Gasteiger partial charge is 0.0609 e. The summed E-state index contributed by atoms with van der Waals surface area (Å²) in [5.74, 6) is 0.481. The molecule has 0 aliphatic carbocycles. The molecule has 1 N–H and O–H groups in total. The van der Waals surface area contributed by atoms with Crippen LogP contribution in [0.5, 0.6) is 0 Å². The van der Waals surface area contributed by atoms with E-state index in [1.807, 2.05) is 0 Å². The topological polar surface area (TPSA) is 39.6 Å². The van der Waals surface area contributed by atoms with E-state index in [-0.39, 0.29) is 6.61 Å². The summed E-state index contributed by atoms with van der Waals surface area (Å²) in [4.78, 5) is 9.42. The fourth-order valence-electron chi connectivity index (χ4n) is 2.58. The van der Waals surface area contributed by atoms with Gasteiger partial charge in [-0.2, -0.15) is 0 Å². The number of pyridine rings is 1. The molecule has 1 aliphatic heterocycles. The molecular formula is C15H25N3O. The van der Waals surface area contributed by atoms with Crippen molar-refractivity contribution in [2.75, 3.05) is 44.2 Å². The maximum absolute atomic E-state index is 8.96. The largest absolute Gasteiger partial charge is 0.395 e. The van der Waals surface area contributed by atoms with Crippen LogP contribution in [0.25, 0.3) is 0 Å². The highest BCUT2D eigenvalue weighted by Gasteiger charge is 2.18. The third kappa shape index (κ3) is 3.45. The van der Waals surface area contributed by atoms with Crippen molar-refractivity contribution >= 4 is 5.69 Å². The highest BCUT2D eigenvalue weighted by Crippen LogP contribution is 2.22. The predicted molar refractivity (Wildman–Crippen MR) is 78.8 cm³/mol. The summed E-state index contributed by atoms with van der Waals surface area (Å²) in [6.45, 7) is 11.6. The first-order valence-electron chi connectivity index (χ1n) is 7.17. The second kappa shape index (κ2) is 6.35. The Morgan fingerprint density at radius 2 is 1.89 bits per heavy atom. The quantitative estimate of drug-likeness (QED) is 0.896. The summed E-state index contributed by atoms with van der Waals surface area (Å²) in [5, 5.41) is 8.96. The molecule has 1 aromatic rings. The molecule has 1 aromatic heterocycles. The van der Waals surface area contributed by atoms with Gasteiger partial charge < -0.3 is 10.0 Å². The SMILES string of the molecule is Cc1nc(C(C)C)ccc1N1CCN(CCO)CC1. The van der Waals surface area contributed by atoms with Gasteiger partial charge in [0, 0.05) is 38.4 Å². The number of aromatic nitrogens is 1. The molecule has 1 aliphatic rings. The molecule has 4 nitrogen and oxygen atoms in total. The minimum atomic E-state index is 0.254. The van der Waals surface area contributed by atoms with Crippen molar-refractivity contribution in [2.45, 2.75) is 26.7 Å². The number of rotatable bonds is 4. The highest BCUT2D eigenvalue weighted by atomic mass is 16.3. The first-order chi connectivity index (χ1) is 9.11. The van der Waals surface area contributed by atoms with Crippen LogP contribution in [0.1, 0.15) is 31.2 Å². The first kappa shape index (κ1) is 14.3. The molecule has 2 heterocycles. The van der Waals surface area contributed by atoms with Crippen molar-refractivity contribution < 1.29 is 5.11 Å². The van der Waals surface area contributed by atoms with Gasteiger partial charge in [0.1, 0.15) is 0 Å². The van der Waals surface area contributed by atoms with Gasteiger partial charge >= 0.3 is 0 Å². The van der Waals surface area contributed by atoms with Crippen LogP contribution in [0.3, 0.4) is 0 Å². The number of nitrogens with zero attached hydrogens (tertiary/aromatic N) is 3. The Morgan fingerprint density at radius 1 is 1.21 bits per heavy atom. The maximum atomic E-state index is 8.96. The van der Waals surface area contributed by atoms with Crippen molar-refractivity contribution in [3.05, 3.63) is 23.5 Å². The molecule has 0 saturated carbocycles. The summed E-state index contributed by atoms with van der Waals surface area (Å²) in [6, 6.07) is 4.35. The number of aliphatic hydroxyl groups is 1. The Hall–Kier alpha value is -1.13. The summed E-state index contributed by atoms with van der Waals surface area (Å²) in [6.07, 6.45) is 0. The number of hydrogen-bond donors (Lipinski definition) is 1. The number of piperazine rings is 1. The van der Waals surface area contributed by atoms with Gasteiger partial charge in [-0.05, 0) is 25.0 Å². The summed E-state index contributed by atoms with van der Waals surface area (Å²) in [7, 11) is 0. The molecule has 0 bridgehead atoms. The molecule has 0 spiro atoms. The second-order valence-corrected chi connectivity index (χ2v) is 5.55. The molecule has 0 amide bonds. The molecule has 19 heavy (non-hydrogen) atoms. The zero-order valence-electron chi connectivity index (χ0n) is 12.3. The predicted octanol–water partition coefficient (Wildman–Crippen LogP) is 1.63. The average molecular weight is 263 g/mol. The van der Waals surface area contributed by atoms with Crippen molar-refractivity contribution in [1.82, 2.24) is 9.88 Å². The van der Waals surface area contributed by atoms with Crippen LogP contribution >= 0.6 is 0 Å². The number of hydrogen-bond acceptors (Lipinski definition) is 4. The van der Waals surface area contributed by atoms with Crippen LogP contribution in [-0.2, 0) is 0 Å². The van der Waals surface area contributed by atoms with Crippen molar-refractivity contribution in [3.63, 3.8) is 0 Å². The van der Waals surface area contributed by atoms with E-state index < -0.39 is 0 Å². The summed E-state index contributed by atoms with van der Waals surface area (Å²) >= 11 is 0. The summed E-state index contributed by atoms with van der Waals surface area (Å²) in [5.41, 5.74) is 3.55. The Balaban J connectivity index is 2.03. The third-order valence-corrected chi connectivity index (χ3v) is 3.80. The van der Waals surface area contributed by atoms with Gasteiger partial charge in [0.05, 0.1) is 18.0 Å². The van der Waals surface area contributed by atoms with Crippen LogP contribution in [0.15, 0.2) is 12.1 Å². The molecule has 1 fully saturated rings. The normalized spacial score (nSPS) is 17.2. The van der Waals surface area contributed by atoms with E-state index in [0.29, 0.717) is 5.92 Å². The Kier molecular flexibility index (Phi) is 4.77. The van der Waals surface area contributed by atoms with E-state index in [1.165, 1.54) is 11.4 Å². The second-order valence-electron chi connectivity index (χ2n) is 5.55. The van der Waals surface area contributed by atoms with E-state index in [2.05, 4.69) is 42.7 Å². The van der Waals surface area contributed by atoms with Gasteiger partial charge in [-0.25, -0.2) is 0 Å². The third-order valence-electron chi connectivity index (χ3n) is 3.80. The number of anilines is 1. The lowest BCUT2D eigenvalue weighted by Gasteiger charge is -2.36. The van der Waals surface area contributed by atoms with Gasteiger partial charge in [0.2, 0.25) is 0 Å². The molecule has 0 radical (unpaired) electrons. The van der Waals surface area contributed by atoms with Gasteiger partial charge in [0.15, 0.2) is 0 Å². The Labute approximate surface area is 116 Å². The van der Waals surface area contributed by atoms with E-state index in [0.717, 1.165) is 38.4 Å². The lowest BCUT2D eigenvalue weighted by Crippen LogP contribution is -2.47. The number of aryl methyl sites for hydroxylation is 1. The molecule has 0 atom stereocenters. The lowest BCUT2D eigenvalue weighted by molar-refractivity contribution is 0.188. The Morgan fingerprint density at radius 3 is 2.42 bits per heavy atom. The van der Waals surface area contributed by atoms with Gasteiger partial charge in [-0.1, -0.05) is 13.8 Å². The van der Waals surface area contributed by atoms with Gasteiger partial charge in [-0.3, -0.25) is 9.88 Å². The van der Waals surface area contributed by atoms with Gasteiger partial charge in [0.25, 0.3) is 0 Å². The van der Waals surface area contributed by atoms with Crippen LogP contribution in [0.2, 0.25) is 0 Å². The standard InChI is InChI=1S/C15H25N3O/c1-12(2)14-4-5-15(13(3)16-14)18-8-6-17(7-9-18)10-11-19/h4-5,12,19H,6-11H2,1-3H3. The van der Waals surface area contributed by atoms with Crippen LogP contribution in [0.4, 0.5) is 5.69 Å². The fourth-order valence-corrected chi connectivity index (χ4v) is 2.58. The van der Waals surface area contributed by atoms with Crippen LogP contribution in [0, 0.1) is 6.92 Å². The zero-order valence-corrected chi connectivity index (χ0v) is 12.3.